The Hall–Kier alpha value is -0.770. The number of piperidine rings is 1. The molecule has 108 valence electrons. The Labute approximate surface area is 113 Å². The molecule has 1 aliphatic heterocycles. The standard InChI is InChI=1S/C15H22F3N/c1-10-11(2)14(15(16,17)18)4-3-13(10)9-12-5-7-19-8-6-12/h3-4,10-12,19H,5-9H2,1-2H3/t10?,11-/m1/s1. The number of alkyl halides is 3. The average molecular weight is 273 g/mol. The molecule has 1 fully saturated rings. The summed E-state index contributed by atoms with van der Waals surface area (Å²) in [6.07, 6.45) is 2.04. The molecule has 4 heteroatoms. The number of allylic oxidation sites excluding steroid dienone is 4. The second-order valence-electron chi connectivity index (χ2n) is 5.84. The van der Waals surface area contributed by atoms with E-state index >= 15 is 0 Å². The van der Waals surface area contributed by atoms with Crippen molar-refractivity contribution in [2.45, 2.75) is 39.3 Å². The Morgan fingerprint density at radius 2 is 1.74 bits per heavy atom. The number of hydrogen-bond donors (Lipinski definition) is 1. The molecule has 0 amide bonds. The predicted molar refractivity (Wildman–Crippen MR) is 70.8 cm³/mol. The molecule has 0 aromatic carbocycles. The maximum atomic E-state index is 12.8. The molecule has 2 aliphatic rings. The van der Waals surface area contributed by atoms with Crippen LogP contribution < -0.4 is 5.32 Å². The van der Waals surface area contributed by atoms with Crippen LogP contribution in [0.2, 0.25) is 0 Å². The van der Waals surface area contributed by atoms with E-state index in [-0.39, 0.29) is 11.5 Å². The van der Waals surface area contributed by atoms with Crippen molar-refractivity contribution >= 4 is 0 Å². The van der Waals surface area contributed by atoms with Gasteiger partial charge in [0.15, 0.2) is 0 Å². The molecular weight excluding hydrogens is 251 g/mol. The van der Waals surface area contributed by atoms with Gasteiger partial charge >= 0.3 is 6.18 Å². The average Bonchev–Trinajstić information content (AvgIpc) is 2.35. The Kier molecular flexibility index (Phi) is 4.39. The van der Waals surface area contributed by atoms with Gasteiger partial charge in [-0.3, -0.25) is 0 Å². The molecule has 19 heavy (non-hydrogen) atoms. The fraction of sp³-hybridized carbons (Fsp3) is 0.733. The monoisotopic (exact) mass is 273 g/mol. The van der Waals surface area contributed by atoms with Gasteiger partial charge in [0.25, 0.3) is 0 Å². The largest absolute Gasteiger partial charge is 0.412 e. The molecule has 1 nitrogen and oxygen atoms in total. The summed E-state index contributed by atoms with van der Waals surface area (Å²) in [4.78, 5) is 0. The van der Waals surface area contributed by atoms with Gasteiger partial charge in [-0.05, 0) is 50.1 Å². The van der Waals surface area contributed by atoms with Crippen LogP contribution in [-0.2, 0) is 0 Å². The Bertz CT molecular complexity index is 375. The van der Waals surface area contributed by atoms with E-state index in [2.05, 4.69) is 5.32 Å². The number of halogens is 3. The highest BCUT2D eigenvalue weighted by Gasteiger charge is 2.40. The summed E-state index contributed by atoms with van der Waals surface area (Å²) in [5, 5.41) is 3.32. The zero-order valence-corrected chi connectivity index (χ0v) is 11.6. The van der Waals surface area contributed by atoms with Gasteiger partial charge in [0.2, 0.25) is 0 Å². The first-order valence-corrected chi connectivity index (χ1v) is 7.08. The number of rotatable bonds is 2. The van der Waals surface area contributed by atoms with Gasteiger partial charge < -0.3 is 5.32 Å². The van der Waals surface area contributed by atoms with E-state index in [0.717, 1.165) is 32.4 Å². The summed E-state index contributed by atoms with van der Waals surface area (Å²) in [7, 11) is 0. The summed E-state index contributed by atoms with van der Waals surface area (Å²) >= 11 is 0. The van der Waals surface area contributed by atoms with Crippen molar-refractivity contribution in [3.8, 4) is 0 Å². The highest BCUT2D eigenvalue weighted by Crippen LogP contribution is 2.42. The van der Waals surface area contributed by atoms with Gasteiger partial charge in [-0.1, -0.05) is 31.6 Å². The summed E-state index contributed by atoms with van der Waals surface area (Å²) in [5.41, 5.74) is 0.807. The van der Waals surface area contributed by atoms with Crippen LogP contribution in [0.15, 0.2) is 23.3 Å². The van der Waals surface area contributed by atoms with Crippen molar-refractivity contribution in [3.63, 3.8) is 0 Å². The highest BCUT2D eigenvalue weighted by molar-refractivity contribution is 5.31. The fourth-order valence-corrected chi connectivity index (χ4v) is 3.12. The third kappa shape index (κ3) is 3.41. The molecular formula is C15H22F3N. The van der Waals surface area contributed by atoms with Crippen LogP contribution in [0.5, 0.6) is 0 Å². The van der Waals surface area contributed by atoms with Crippen LogP contribution in [0.4, 0.5) is 13.2 Å². The first kappa shape index (κ1) is 14.6. The molecule has 2 atom stereocenters. The maximum Gasteiger partial charge on any atom is 0.412 e. The minimum Gasteiger partial charge on any atom is -0.317 e. The SMILES string of the molecule is CC1C(CC2CCNCC2)=CC=C(C(F)(F)F)[C@@H]1C. The Balaban J connectivity index is 2.09. The van der Waals surface area contributed by atoms with Gasteiger partial charge in [0.1, 0.15) is 0 Å². The van der Waals surface area contributed by atoms with Crippen LogP contribution in [0.25, 0.3) is 0 Å². The van der Waals surface area contributed by atoms with Gasteiger partial charge in [0, 0.05) is 5.57 Å². The van der Waals surface area contributed by atoms with Gasteiger partial charge in [-0.25, -0.2) is 0 Å². The molecule has 0 aromatic rings. The zero-order chi connectivity index (χ0) is 14.0. The molecule has 1 unspecified atom stereocenters. The Morgan fingerprint density at radius 1 is 1.11 bits per heavy atom. The maximum absolute atomic E-state index is 12.8. The molecule has 1 aliphatic carbocycles. The zero-order valence-electron chi connectivity index (χ0n) is 11.6. The first-order valence-electron chi connectivity index (χ1n) is 7.08. The molecule has 1 heterocycles. The van der Waals surface area contributed by atoms with Crippen molar-refractivity contribution in [1.82, 2.24) is 5.32 Å². The van der Waals surface area contributed by atoms with E-state index in [0.29, 0.717) is 5.92 Å². The lowest BCUT2D eigenvalue weighted by Crippen LogP contribution is -2.30. The third-order valence-corrected chi connectivity index (χ3v) is 4.61. The lowest BCUT2D eigenvalue weighted by molar-refractivity contribution is -0.100. The number of nitrogens with one attached hydrogen (secondary N) is 1. The summed E-state index contributed by atoms with van der Waals surface area (Å²) in [5.74, 6) is 0.196. The van der Waals surface area contributed by atoms with Crippen molar-refractivity contribution in [2.75, 3.05) is 13.1 Å². The first-order chi connectivity index (χ1) is 8.89. The van der Waals surface area contributed by atoms with E-state index < -0.39 is 12.1 Å². The lowest BCUT2D eigenvalue weighted by atomic mass is 9.75. The van der Waals surface area contributed by atoms with Crippen LogP contribution in [0.1, 0.15) is 33.1 Å². The van der Waals surface area contributed by atoms with E-state index in [4.69, 9.17) is 0 Å². The van der Waals surface area contributed by atoms with Crippen LogP contribution in [-0.4, -0.2) is 19.3 Å². The van der Waals surface area contributed by atoms with Gasteiger partial charge in [-0.2, -0.15) is 13.2 Å². The molecule has 2 rings (SSSR count). The van der Waals surface area contributed by atoms with Crippen LogP contribution in [0, 0.1) is 17.8 Å². The smallest absolute Gasteiger partial charge is 0.317 e. The fourth-order valence-electron chi connectivity index (χ4n) is 3.12. The normalized spacial score (nSPS) is 29.9. The topological polar surface area (TPSA) is 12.0 Å². The Morgan fingerprint density at radius 3 is 2.32 bits per heavy atom. The van der Waals surface area contributed by atoms with Crippen molar-refractivity contribution < 1.29 is 13.2 Å². The predicted octanol–water partition coefficient (Wildman–Crippen LogP) is 4.08. The van der Waals surface area contributed by atoms with E-state index in [1.807, 2.05) is 6.92 Å². The molecule has 0 saturated carbocycles. The quantitative estimate of drug-likeness (QED) is 0.799. The van der Waals surface area contributed by atoms with Crippen molar-refractivity contribution in [3.05, 3.63) is 23.3 Å². The third-order valence-electron chi connectivity index (χ3n) is 4.61. The van der Waals surface area contributed by atoms with E-state index in [1.165, 1.54) is 11.6 Å². The van der Waals surface area contributed by atoms with E-state index in [1.54, 1.807) is 13.0 Å². The van der Waals surface area contributed by atoms with Crippen molar-refractivity contribution in [1.29, 1.82) is 0 Å². The lowest BCUT2D eigenvalue weighted by Gasteiger charge is -2.32. The van der Waals surface area contributed by atoms with Crippen LogP contribution in [0.3, 0.4) is 0 Å². The second-order valence-corrected chi connectivity index (χ2v) is 5.84. The minimum absolute atomic E-state index is 0.00323. The minimum atomic E-state index is -4.19. The number of hydrogen-bond acceptors (Lipinski definition) is 1. The van der Waals surface area contributed by atoms with Crippen LogP contribution >= 0.6 is 0 Å². The summed E-state index contributed by atoms with van der Waals surface area (Å²) < 4.78 is 38.5. The summed E-state index contributed by atoms with van der Waals surface area (Å²) in [6, 6.07) is 0. The molecule has 1 saturated heterocycles. The van der Waals surface area contributed by atoms with Crippen molar-refractivity contribution in [2.24, 2.45) is 17.8 Å². The molecule has 0 aromatic heterocycles. The van der Waals surface area contributed by atoms with E-state index in [9.17, 15) is 13.2 Å². The second kappa shape index (κ2) is 5.70. The molecule has 0 bridgehead atoms. The highest BCUT2D eigenvalue weighted by atomic mass is 19.4. The molecule has 1 N–H and O–H groups in total. The van der Waals surface area contributed by atoms with Gasteiger partial charge in [0.05, 0.1) is 0 Å². The summed E-state index contributed by atoms with van der Waals surface area (Å²) in [6.45, 7) is 5.69. The molecule has 0 spiro atoms. The molecule has 0 radical (unpaired) electrons. The van der Waals surface area contributed by atoms with Gasteiger partial charge in [-0.15, -0.1) is 0 Å².